The Kier molecular flexibility index (Phi) is 4.08. The van der Waals surface area contributed by atoms with Crippen LogP contribution in [0.2, 0.25) is 5.02 Å². The van der Waals surface area contributed by atoms with E-state index in [0.717, 1.165) is 11.4 Å². The van der Waals surface area contributed by atoms with Crippen LogP contribution in [0.1, 0.15) is 31.1 Å². The number of halogens is 1. The van der Waals surface area contributed by atoms with Gasteiger partial charge in [-0.25, -0.2) is 4.98 Å². The van der Waals surface area contributed by atoms with E-state index in [1.807, 2.05) is 18.6 Å². The molecule has 0 amide bonds. The average molecular weight is 275 g/mol. The summed E-state index contributed by atoms with van der Waals surface area (Å²) >= 11 is 6.11. The molecular weight excluding hydrogens is 260 g/mol. The highest BCUT2D eigenvalue weighted by Crippen LogP contribution is 2.23. The van der Waals surface area contributed by atoms with Crippen molar-refractivity contribution < 1.29 is 0 Å². The van der Waals surface area contributed by atoms with Crippen molar-refractivity contribution in [1.29, 1.82) is 5.26 Å². The van der Waals surface area contributed by atoms with Crippen molar-refractivity contribution in [3.05, 3.63) is 47.0 Å². The summed E-state index contributed by atoms with van der Waals surface area (Å²) in [4.78, 5) is 4.15. The highest BCUT2D eigenvalue weighted by atomic mass is 35.5. The van der Waals surface area contributed by atoms with Crippen LogP contribution in [0.25, 0.3) is 0 Å². The molecule has 0 saturated carbocycles. The molecule has 0 atom stereocenters. The van der Waals surface area contributed by atoms with Crippen molar-refractivity contribution in [2.24, 2.45) is 0 Å². The van der Waals surface area contributed by atoms with Crippen molar-refractivity contribution in [3.8, 4) is 6.07 Å². The molecule has 0 aliphatic rings. The fourth-order valence-corrected chi connectivity index (χ4v) is 2.10. The lowest BCUT2D eigenvalue weighted by molar-refractivity contribution is 0.577. The number of anilines is 1. The lowest BCUT2D eigenvalue weighted by Crippen LogP contribution is -2.09. The Bertz CT molecular complexity index is 610. The predicted octanol–water partition coefficient (Wildman–Crippen LogP) is 3.60. The highest BCUT2D eigenvalue weighted by Gasteiger charge is 2.06. The Morgan fingerprint density at radius 2 is 2.26 bits per heavy atom. The molecule has 98 valence electrons. The van der Waals surface area contributed by atoms with Crippen LogP contribution in [-0.4, -0.2) is 9.55 Å². The minimum absolute atomic E-state index is 0.371. The van der Waals surface area contributed by atoms with Crippen LogP contribution in [0.15, 0.2) is 30.7 Å². The van der Waals surface area contributed by atoms with Gasteiger partial charge in [-0.3, -0.25) is 0 Å². The quantitative estimate of drug-likeness (QED) is 0.927. The van der Waals surface area contributed by atoms with E-state index >= 15 is 0 Å². The second-order valence-electron chi connectivity index (χ2n) is 4.55. The smallest absolute Gasteiger partial charge is 0.0992 e. The first kappa shape index (κ1) is 13.4. The number of rotatable bonds is 4. The van der Waals surface area contributed by atoms with Gasteiger partial charge in [-0.2, -0.15) is 5.26 Å². The third-order valence-corrected chi connectivity index (χ3v) is 3.17. The molecule has 1 N–H and O–H groups in total. The first-order valence-electron chi connectivity index (χ1n) is 6.06. The van der Waals surface area contributed by atoms with Gasteiger partial charge in [-0.05, 0) is 32.0 Å². The second-order valence-corrected chi connectivity index (χ2v) is 4.95. The van der Waals surface area contributed by atoms with Gasteiger partial charge in [0.25, 0.3) is 0 Å². The first-order chi connectivity index (χ1) is 9.11. The molecule has 0 radical (unpaired) electrons. The Morgan fingerprint density at radius 1 is 1.47 bits per heavy atom. The van der Waals surface area contributed by atoms with Crippen molar-refractivity contribution in [1.82, 2.24) is 9.55 Å². The van der Waals surface area contributed by atoms with E-state index in [0.29, 0.717) is 23.2 Å². The summed E-state index contributed by atoms with van der Waals surface area (Å²) in [5.41, 5.74) is 2.47. The molecule has 0 unspecified atom stereocenters. The van der Waals surface area contributed by atoms with Gasteiger partial charge in [0.1, 0.15) is 0 Å². The zero-order valence-corrected chi connectivity index (χ0v) is 11.6. The molecule has 0 spiro atoms. The maximum atomic E-state index is 8.79. The third kappa shape index (κ3) is 3.07. The maximum Gasteiger partial charge on any atom is 0.0992 e. The zero-order chi connectivity index (χ0) is 13.8. The van der Waals surface area contributed by atoms with Gasteiger partial charge in [0.05, 0.1) is 40.9 Å². The molecule has 4 nitrogen and oxygen atoms in total. The normalized spacial score (nSPS) is 10.5. The first-order valence-corrected chi connectivity index (χ1v) is 6.44. The number of benzene rings is 1. The highest BCUT2D eigenvalue weighted by molar-refractivity contribution is 6.33. The topological polar surface area (TPSA) is 53.6 Å². The van der Waals surface area contributed by atoms with Crippen molar-refractivity contribution in [3.63, 3.8) is 0 Å². The van der Waals surface area contributed by atoms with Crippen LogP contribution < -0.4 is 5.32 Å². The van der Waals surface area contributed by atoms with Gasteiger partial charge >= 0.3 is 0 Å². The van der Waals surface area contributed by atoms with Gasteiger partial charge in [0.15, 0.2) is 0 Å². The summed E-state index contributed by atoms with van der Waals surface area (Å²) in [6.45, 7) is 4.86. The SMILES string of the molecule is CC(C)n1cncc1CNc1ccc(C#N)cc1Cl. The number of nitriles is 1. The molecule has 0 bridgehead atoms. The maximum absolute atomic E-state index is 8.79. The van der Waals surface area contributed by atoms with E-state index in [2.05, 4.69) is 34.8 Å². The predicted molar refractivity (Wildman–Crippen MR) is 76.1 cm³/mol. The van der Waals surface area contributed by atoms with Gasteiger partial charge in [-0.1, -0.05) is 11.6 Å². The molecular formula is C14H15ClN4. The minimum Gasteiger partial charge on any atom is -0.378 e. The number of hydrogen-bond acceptors (Lipinski definition) is 3. The Balaban J connectivity index is 2.11. The van der Waals surface area contributed by atoms with Crippen LogP contribution in [0.4, 0.5) is 5.69 Å². The third-order valence-electron chi connectivity index (χ3n) is 2.86. The molecule has 1 aromatic heterocycles. The molecule has 19 heavy (non-hydrogen) atoms. The van der Waals surface area contributed by atoms with Gasteiger partial charge in [0, 0.05) is 12.2 Å². The van der Waals surface area contributed by atoms with Crippen LogP contribution in [0, 0.1) is 11.3 Å². The second kappa shape index (κ2) is 5.77. The molecule has 1 aromatic carbocycles. The van der Waals surface area contributed by atoms with Crippen molar-refractivity contribution in [2.45, 2.75) is 26.4 Å². The number of aromatic nitrogens is 2. The van der Waals surface area contributed by atoms with E-state index in [-0.39, 0.29) is 0 Å². The summed E-state index contributed by atoms with van der Waals surface area (Å²) in [6.07, 6.45) is 3.66. The van der Waals surface area contributed by atoms with Crippen LogP contribution in [0.5, 0.6) is 0 Å². The standard InChI is InChI=1S/C14H15ClN4/c1-10(2)19-9-17-7-12(19)8-18-14-4-3-11(6-16)5-13(14)15/h3-5,7,9-10,18H,8H2,1-2H3. The lowest BCUT2D eigenvalue weighted by atomic mass is 10.2. The summed E-state index contributed by atoms with van der Waals surface area (Å²) < 4.78 is 2.10. The monoisotopic (exact) mass is 274 g/mol. The van der Waals surface area contributed by atoms with Gasteiger partial charge in [-0.15, -0.1) is 0 Å². The van der Waals surface area contributed by atoms with Crippen LogP contribution >= 0.6 is 11.6 Å². The number of hydrogen-bond donors (Lipinski definition) is 1. The zero-order valence-electron chi connectivity index (χ0n) is 10.9. The van der Waals surface area contributed by atoms with E-state index in [1.165, 1.54) is 0 Å². The molecule has 5 heteroatoms. The van der Waals surface area contributed by atoms with Gasteiger partial charge < -0.3 is 9.88 Å². The lowest BCUT2D eigenvalue weighted by Gasteiger charge is -2.13. The average Bonchev–Trinajstić information content (AvgIpc) is 2.85. The summed E-state index contributed by atoms with van der Waals surface area (Å²) in [6, 6.07) is 7.65. The van der Waals surface area contributed by atoms with E-state index in [9.17, 15) is 0 Å². The molecule has 0 saturated heterocycles. The fraction of sp³-hybridized carbons (Fsp3) is 0.286. The molecule has 0 fully saturated rings. The Hall–Kier alpha value is -1.99. The summed E-state index contributed by atoms with van der Waals surface area (Å²) in [5, 5.41) is 12.6. The minimum atomic E-state index is 0.371. The van der Waals surface area contributed by atoms with E-state index < -0.39 is 0 Å². The number of imidazole rings is 1. The molecule has 0 aliphatic heterocycles. The van der Waals surface area contributed by atoms with Crippen molar-refractivity contribution >= 4 is 17.3 Å². The number of nitrogens with one attached hydrogen (secondary N) is 1. The largest absolute Gasteiger partial charge is 0.378 e. The number of nitrogens with zero attached hydrogens (tertiary/aromatic N) is 3. The summed E-state index contributed by atoms with van der Waals surface area (Å²) in [7, 11) is 0. The molecule has 2 aromatic rings. The molecule has 1 heterocycles. The molecule has 0 aliphatic carbocycles. The van der Waals surface area contributed by atoms with Crippen LogP contribution in [0.3, 0.4) is 0 Å². The summed E-state index contributed by atoms with van der Waals surface area (Å²) in [5.74, 6) is 0. The van der Waals surface area contributed by atoms with Gasteiger partial charge in [0.2, 0.25) is 0 Å². The van der Waals surface area contributed by atoms with E-state index in [1.54, 1.807) is 12.1 Å². The van der Waals surface area contributed by atoms with E-state index in [4.69, 9.17) is 16.9 Å². The fourth-order valence-electron chi connectivity index (χ4n) is 1.85. The van der Waals surface area contributed by atoms with Crippen molar-refractivity contribution in [2.75, 3.05) is 5.32 Å². The Morgan fingerprint density at radius 3 is 2.89 bits per heavy atom. The molecule has 2 rings (SSSR count). The van der Waals surface area contributed by atoms with Crippen LogP contribution in [-0.2, 0) is 6.54 Å². The Labute approximate surface area is 117 Å².